The van der Waals surface area contributed by atoms with Gasteiger partial charge in [-0.3, -0.25) is 4.79 Å². The van der Waals surface area contributed by atoms with Crippen LogP contribution in [-0.2, 0) is 11.0 Å². The average Bonchev–Trinajstić information content (AvgIpc) is 2.49. The normalized spacial score (nSPS) is 11.2. The van der Waals surface area contributed by atoms with Gasteiger partial charge >= 0.3 is 6.18 Å². The molecule has 0 aliphatic rings. The van der Waals surface area contributed by atoms with E-state index in [1.54, 1.807) is 25.1 Å². The first-order valence-corrected chi connectivity index (χ1v) is 7.48. The van der Waals surface area contributed by atoms with Gasteiger partial charge in [-0.2, -0.15) is 13.2 Å². The Kier molecular flexibility index (Phi) is 5.62. The van der Waals surface area contributed by atoms with Gasteiger partial charge in [-0.15, -0.1) is 0 Å². The lowest BCUT2D eigenvalue weighted by atomic mass is 10.1. The van der Waals surface area contributed by atoms with E-state index < -0.39 is 24.3 Å². The molecule has 0 aliphatic heterocycles. The average molecular weight is 378 g/mol. The van der Waals surface area contributed by atoms with Gasteiger partial charge in [0.1, 0.15) is 5.75 Å². The van der Waals surface area contributed by atoms with E-state index in [1.165, 1.54) is 6.07 Å². The maximum absolute atomic E-state index is 13.0. The molecule has 8 heteroatoms. The van der Waals surface area contributed by atoms with Gasteiger partial charge in [0, 0.05) is 10.0 Å². The molecule has 1 amide bonds. The molecule has 0 saturated carbocycles. The van der Waals surface area contributed by atoms with E-state index in [2.05, 4.69) is 5.32 Å². The molecule has 3 nitrogen and oxygen atoms in total. The van der Waals surface area contributed by atoms with E-state index in [4.69, 9.17) is 27.9 Å². The molecule has 0 unspecified atom stereocenters. The van der Waals surface area contributed by atoms with E-state index in [-0.39, 0.29) is 10.7 Å². The zero-order valence-electron chi connectivity index (χ0n) is 12.4. The molecule has 1 N–H and O–H groups in total. The molecular weight excluding hydrogens is 366 g/mol. The third-order valence-corrected chi connectivity index (χ3v) is 3.72. The number of carbonyl (C=O) groups excluding carboxylic acids is 1. The summed E-state index contributed by atoms with van der Waals surface area (Å²) >= 11 is 11.5. The molecule has 0 spiro atoms. The summed E-state index contributed by atoms with van der Waals surface area (Å²) in [6, 6.07) is 7.89. The Labute approximate surface area is 146 Å². The smallest absolute Gasteiger partial charge is 0.418 e. The van der Waals surface area contributed by atoms with E-state index >= 15 is 0 Å². The highest BCUT2D eigenvalue weighted by atomic mass is 35.5. The topological polar surface area (TPSA) is 38.3 Å². The molecule has 128 valence electrons. The number of alkyl halides is 3. The Bertz CT molecular complexity index is 763. The quantitative estimate of drug-likeness (QED) is 0.780. The second-order valence-corrected chi connectivity index (χ2v) is 5.78. The van der Waals surface area contributed by atoms with E-state index in [9.17, 15) is 18.0 Å². The van der Waals surface area contributed by atoms with Crippen LogP contribution in [0, 0.1) is 6.92 Å². The van der Waals surface area contributed by atoms with Crippen molar-refractivity contribution in [1.82, 2.24) is 0 Å². The summed E-state index contributed by atoms with van der Waals surface area (Å²) in [4.78, 5) is 11.8. The van der Waals surface area contributed by atoms with Crippen molar-refractivity contribution in [3.8, 4) is 5.75 Å². The van der Waals surface area contributed by atoms with Crippen molar-refractivity contribution >= 4 is 34.8 Å². The molecular formula is C16H12Cl2F3NO2. The summed E-state index contributed by atoms with van der Waals surface area (Å²) < 4.78 is 44.1. The van der Waals surface area contributed by atoms with Gasteiger partial charge in [0.15, 0.2) is 6.61 Å². The third-order valence-electron chi connectivity index (χ3n) is 3.06. The van der Waals surface area contributed by atoms with Crippen molar-refractivity contribution in [2.24, 2.45) is 0 Å². The Morgan fingerprint density at radius 2 is 1.88 bits per heavy atom. The van der Waals surface area contributed by atoms with Crippen LogP contribution in [0.5, 0.6) is 5.75 Å². The van der Waals surface area contributed by atoms with E-state index in [1.807, 2.05) is 0 Å². The fourth-order valence-electron chi connectivity index (χ4n) is 1.90. The molecule has 0 radical (unpaired) electrons. The van der Waals surface area contributed by atoms with Crippen LogP contribution in [0.2, 0.25) is 10.0 Å². The Morgan fingerprint density at radius 1 is 1.17 bits per heavy atom. The van der Waals surface area contributed by atoms with Gasteiger partial charge < -0.3 is 10.1 Å². The van der Waals surface area contributed by atoms with Crippen molar-refractivity contribution in [2.75, 3.05) is 11.9 Å². The van der Waals surface area contributed by atoms with Gasteiger partial charge in [-0.25, -0.2) is 0 Å². The fraction of sp³-hybridized carbons (Fsp3) is 0.188. The Morgan fingerprint density at radius 3 is 2.50 bits per heavy atom. The number of rotatable bonds is 4. The highest BCUT2D eigenvalue weighted by Crippen LogP contribution is 2.36. The maximum Gasteiger partial charge on any atom is 0.418 e. The van der Waals surface area contributed by atoms with Crippen molar-refractivity contribution in [3.63, 3.8) is 0 Å². The second kappa shape index (κ2) is 7.32. The minimum Gasteiger partial charge on any atom is -0.484 e. The summed E-state index contributed by atoms with van der Waals surface area (Å²) in [5.41, 5.74) is -0.648. The van der Waals surface area contributed by atoms with E-state index in [0.29, 0.717) is 10.8 Å². The molecule has 0 saturated heterocycles. The summed E-state index contributed by atoms with van der Waals surface area (Å²) in [6.07, 6.45) is -4.64. The number of ether oxygens (including phenoxy) is 1. The molecule has 0 heterocycles. The summed E-state index contributed by atoms with van der Waals surface area (Å²) in [6.45, 7) is 1.32. The summed E-state index contributed by atoms with van der Waals surface area (Å²) in [5.74, 6) is -0.338. The lowest BCUT2D eigenvalue weighted by Crippen LogP contribution is -2.22. The SMILES string of the molecule is Cc1cc(OCC(=O)Nc2ccc(Cl)cc2C(F)(F)F)ccc1Cl. The van der Waals surface area contributed by atoms with Gasteiger partial charge in [0.05, 0.1) is 11.3 Å². The number of benzene rings is 2. The maximum atomic E-state index is 13.0. The number of amides is 1. The zero-order valence-corrected chi connectivity index (χ0v) is 13.9. The van der Waals surface area contributed by atoms with Gasteiger partial charge in [-0.05, 0) is 48.9 Å². The molecule has 2 aromatic carbocycles. The molecule has 0 atom stereocenters. The lowest BCUT2D eigenvalue weighted by molar-refractivity contribution is -0.137. The van der Waals surface area contributed by atoms with Crippen LogP contribution in [-0.4, -0.2) is 12.5 Å². The first kappa shape index (κ1) is 18.4. The second-order valence-electron chi connectivity index (χ2n) is 4.94. The minimum atomic E-state index is -4.64. The molecule has 2 aromatic rings. The standard InChI is InChI=1S/C16H12Cl2F3NO2/c1-9-6-11(3-4-13(9)18)24-8-15(23)22-14-5-2-10(17)7-12(14)16(19,20)21/h2-7H,8H2,1H3,(H,22,23). The Balaban J connectivity index is 2.06. The number of carbonyl (C=O) groups is 1. The lowest BCUT2D eigenvalue weighted by Gasteiger charge is -2.14. The van der Waals surface area contributed by atoms with Crippen LogP contribution in [0.4, 0.5) is 18.9 Å². The molecule has 2 rings (SSSR count). The minimum absolute atomic E-state index is 0.0757. The fourth-order valence-corrected chi connectivity index (χ4v) is 2.19. The van der Waals surface area contributed by atoms with E-state index in [0.717, 1.165) is 17.7 Å². The molecule has 0 aliphatic carbocycles. The van der Waals surface area contributed by atoms with Crippen LogP contribution in [0.25, 0.3) is 0 Å². The molecule has 0 fully saturated rings. The van der Waals surface area contributed by atoms with Crippen LogP contribution in [0.1, 0.15) is 11.1 Å². The number of hydrogen-bond donors (Lipinski definition) is 1. The van der Waals surface area contributed by atoms with Crippen molar-refractivity contribution < 1.29 is 22.7 Å². The van der Waals surface area contributed by atoms with Crippen molar-refractivity contribution in [2.45, 2.75) is 13.1 Å². The molecule has 24 heavy (non-hydrogen) atoms. The molecule has 0 bridgehead atoms. The summed E-state index contributed by atoms with van der Waals surface area (Å²) in [5, 5.41) is 2.64. The highest BCUT2D eigenvalue weighted by Gasteiger charge is 2.34. The predicted molar refractivity (Wildman–Crippen MR) is 86.8 cm³/mol. The first-order chi connectivity index (χ1) is 11.2. The van der Waals surface area contributed by atoms with Gasteiger partial charge in [0.2, 0.25) is 0 Å². The largest absolute Gasteiger partial charge is 0.484 e. The number of halogens is 5. The predicted octanol–water partition coefficient (Wildman–Crippen LogP) is 5.34. The van der Waals surface area contributed by atoms with Crippen LogP contribution in [0.3, 0.4) is 0 Å². The zero-order chi connectivity index (χ0) is 17.9. The molecule has 0 aromatic heterocycles. The van der Waals surface area contributed by atoms with Crippen LogP contribution in [0.15, 0.2) is 36.4 Å². The van der Waals surface area contributed by atoms with Crippen molar-refractivity contribution in [3.05, 3.63) is 57.6 Å². The van der Waals surface area contributed by atoms with Crippen molar-refractivity contribution in [1.29, 1.82) is 0 Å². The Hall–Kier alpha value is -1.92. The number of aryl methyl sites for hydroxylation is 1. The summed E-state index contributed by atoms with van der Waals surface area (Å²) in [7, 11) is 0. The number of hydrogen-bond acceptors (Lipinski definition) is 2. The highest BCUT2D eigenvalue weighted by molar-refractivity contribution is 6.31. The number of nitrogens with one attached hydrogen (secondary N) is 1. The van der Waals surface area contributed by atoms with Gasteiger partial charge in [0.25, 0.3) is 5.91 Å². The number of anilines is 1. The first-order valence-electron chi connectivity index (χ1n) is 6.72. The van der Waals surface area contributed by atoms with Crippen LogP contribution < -0.4 is 10.1 Å². The van der Waals surface area contributed by atoms with Gasteiger partial charge in [-0.1, -0.05) is 23.2 Å². The monoisotopic (exact) mass is 377 g/mol. The van der Waals surface area contributed by atoms with Crippen LogP contribution >= 0.6 is 23.2 Å². The third kappa shape index (κ3) is 4.79.